The van der Waals surface area contributed by atoms with Gasteiger partial charge in [-0.2, -0.15) is 0 Å². The molecule has 1 unspecified atom stereocenters. The summed E-state index contributed by atoms with van der Waals surface area (Å²) in [7, 11) is 5.63. The minimum absolute atomic E-state index is 0.00787. The number of hydrogen-bond acceptors (Lipinski definition) is 5. The van der Waals surface area contributed by atoms with Crippen LogP contribution in [-0.4, -0.2) is 40.2 Å². The third-order valence-corrected chi connectivity index (χ3v) is 3.45. The minimum atomic E-state index is -2.46. The van der Waals surface area contributed by atoms with Crippen molar-refractivity contribution in [2.45, 2.75) is 32.1 Å². The molecule has 0 saturated heterocycles. The zero-order valence-electron chi connectivity index (χ0n) is 12.4. The van der Waals surface area contributed by atoms with E-state index < -0.39 is 11.3 Å². The molecule has 121 valence electrons. The number of anilines is 1. The van der Waals surface area contributed by atoms with Gasteiger partial charge >= 0.3 is 134 Å². The maximum atomic E-state index is 10.8. The standard InChI is InChI=1S/C14H22BN2O4S/c15-14(16)13-11(17-22(19)20)7-6-8-12(13)21-10-5-3-1-2-4-9-18/h6-8,17-18H,1-5,9-10,16H2,(H,19,20)/p-1. The number of aliphatic hydroxyl groups excluding tert-OH is 1. The van der Waals surface area contributed by atoms with Crippen molar-refractivity contribution in [1.29, 1.82) is 0 Å². The van der Waals surface area contributed by atoms with Crippen molar-refractivity contribution in [3.8, 4) is 5.75 Å². The van der Waals surface area contributed by atoms with Crippen molar-refractivity contribution in [2.75, 3.05) is 17.9 Å². The third-order valence-electron chi connectivity index (χ3n) is 3.07. The van der Waals surface area contributed by atoms with Gasteiger partial charge in [0.25, 0.3) is 0 Å². The van der Waals surface area contributed by atoms with E-state index in [4.69, 9.17) is 23.1 Å². The third kappa shape index (κ3) is 6.59. The topological polar surface area (TPSA) is 108 Å². The van der Waals surface area contributed by atoms with Gasteiger partial charge in [-0.15, -0.1) is 0 Å². The van der Waals surface area contributed by atoms with Crippen LogP contribution in [0.2, 0.25) is 0 Å². The van der Waals surface area contributed by atoms with E-state index in [-0.39, 0.29) is 17.9 Å². The molecule has 1 radical (unpaired) electrons. The monoisotopic (exact) mass is 324 g/mol. The van der Waals surface area contributed by atoms with Crippen LogP contribution in [0.15, 0.2) is 18.2 Å². The summed E-state index contributed by atoms with van der Waals surface area (Å²) in [6, 6.07) is 4.92. The molecule has 1 aromatic carbocycles. The van der Waals surface area contributed by atoms with E-state index in [0.29, 0.717) is 17.9 Å². The van der Waals surface area contributed by atoms with E-state index in [1.54, 1.807) is 18.2 Å². The van der Waals surface area contributed by atoms with Gasteiger partial charge in [0.2, 0.25) is 0 Å². The summed E-state index contributed by atoms with van der Waals surface area (Å²) in [6.07, 6.45) is 4.72. The number of nitrogens with two attached hydrogens (primary N) is 1. The molecule has 0 saturated carbocycles. The summed E-state index contributed by atoms with van der Waals surface area (Å²) in [5, 5.41) is 8.69. The first-order valence-corrected chi connectivity index (χ1v) is 8.24. The maximum absolute atomic E-state index is 10.8. The molecule has 0 aliphatic heterocycles. The van der Waals surface area contributed by atoms with E-state index in [1.165, 1.54) is 0 Å². The van der Waals surface area contributed by atoms with Crippen LogP contribution in [0.4, 0.5) is 5.69 Å². The van der Waals surface area contributed by atoms with Gasteiger partial charge in [0.05, 0.1) is 0 Å². The molecule has 0 fully saturated rings. The van der Waals surface area contributed by atoms with Crippen molar-refractivity contribution < 1.29 is 18.6 Å². The number of unbranched alkanes of at least 4 members (excludes halogenated alkanes) is 4. The first-order valence-electron chi connectivity index (χ1n) is 7.17. The molecule has 0 aliphatic carbocycles. The van der Waals surface area contributed by atoms with Crippen molar-refractivity contribution >= 4 is 30.0 Å². The summed E-state index contributed by atoms with van der Waals surface area (Å²) in [5.74, 6) is 0.450. The number of ether oxygens (including phenoxy) is 1. The van der Waals surface area contributed by atoms with Crippen molar-refractivity contribution in [2.24, 2.45) is 5.73 Å². The Bertz CT molecular complexity index is 514. The zero-order valence-corrected chi connectivity index (χ0v) is 13.2. The van der Waals surface area contributed by atoms with Crippen LogP contribution in [0.25, 0.3) is 0 Å². The number of aliphatic hydroxyl groups is 1. The average molecular weight is 324 g/mol. The van der Waals surface area contributed by atoms with Gasteiger partial charge < -0.3 is 0 Å². The zero-order chi connectivity index (χ0) is 16.4. The van der Waals surface area contributed by atoms with Crippen LogP contribution < -0.4 is 15.2 Å². The summed E-state index contributed by atoms with van der Waals surface area (Å²) in [6.45, 7) is 0.718. The molecule has 0 amide bonds. The molecule has 1 atom stereocenters. The molecule has 1 rings (SSSR count). The number of hydrogen-bond donors (Lipinski definition) is 3. The second-order valence-electron chi connectivity index (χ2n) is 4.81. The Balaban J connectivity index is 2.58. The number of nitrogens with one attached hydrogen (secondary N) is 1. The molecule has 22 heavy (non-hydrogen) atoms. The fraction of sp³-hybridized carbons (Fsp3) is 0.500. The van der Waals surface area contributed by atoms with Crippen molar-refractivity contribution in [1.82, 2.24) is 0 Å². The molecule has 0 bridgehead atoms. The average Bonchev–Trinajstić information content (AvgIpc) is 2.45. The second kappa shape index (κ2) is 10.4. The molecule has 8 heteroatoms. The van der Waals surface area contributed by atoms with E-state index in [1.807, 2.05) is 0 Å². The predicted octanol–water partition coefficient (Wildman–Crippen LogP) is 0.819. The van der Waals surface area contributed by atoms with Crippen LogP contribution in [-0.2, 0) is 11.3 Å². The Morgan fingerprint density at radius 3 is 2.64 bits per heavy atom. The second-order valence-corrected chi connectivity index (χ2v) is 5.48. The molecule has 6 nitrogen and oxygen atoms in total. The Labute approximate surface area is 134 Å². The number of rotatable bonds is 11. The van der Waals surface area contributed by atoms with Gasteiger partial charge in [-0.1, -0.05) is 0 Å². The fourth-order valence-corrected chi connectivity index (χ4v) is 2.40. The predicted molar refractivity (Wildman–Crippen MR) is 88.7 cm³/mol. The van der Waals surface area contributed by atoms with Gasteiger partial charge in [0, 0.05) is 0 Å². The Morgan fingerprint density at radius 2 is 2.00 bits per heavy atom. The molecule has 0 heterocycles. The summed E-state index contributed by atoms with van der Waals surface area (Å²) in [4.78, 5) is 0. The molecule has 0 aromatic heterocycles. The van der Waals surface area contributed by atoms with Crippen LogP contribution in [0, 0.1) is 0 Å². The van der Waals surface area contributed by atoms with E-state index >= 15 is 0 Å². The quantitative estimate of drug-likeness (QED) is 0.317. The van der Waals surface area contributed by atoms with Gasteiger partial charge in [-0.3, -0.25) is 0 Å². The van der Waals surface area contributed by atoms with Crippen LogP contribution >= 0.6 is 0 Å². The first kappa shape index (κ1) is 18.7. The van der Waals surface area contributed by atoms with E-state index in [9.17, 15) is 8.76 Å². The SMILES string of the molecule is [B]=C(N)c1c(NS(=O)[O-])cccc1OCCCCCCCO. The molecule has 1 aromatic rings. The molecule has 0 aliphatic rings. The van der Waals surface area contributed by atoms with Crippen molar-refractivity contribution in [3.05, 3.63) is 23.8 Å². The van der Waals surface area contributed by atoms with Crippen LogP contribution in [0.5, 0.6) is 5.75 Å². The van der Waals surface area contributed by atoms with Gasteiger partial charge in [-0.05, 0) is 0 Å². The molecular weight excluding hydrogens is 303 g/mol. The molecule has 4 N–H and O–H groups in total. The van der Waals surface area contributed by atoms with E-state index in [2.05, 4.69) is 4.72 Å². The Hall–Kier alpha value is -1.38. The van der Waals surface area contributed by atoms with Crippen LogP contribution in [0.3, 0.4) is 0 Å². The summed E-state index contributed by atoms with van der Waals surface area (Å²) in [5.41, 5.74) is 6.26. The Morgan fingerprint density at radius 1 is 1.32 bits per heavy atom. The van der Waals surface area contributed by atoms with E-state index in [0.717, 1.165) is 32.1 Å². The van der Waals surface area contributed by atoms with Crippen molar-refractivity contribution in [3.63, 3.8) is 0 Å². The molecular formula is C14H21BN2O4S-. The molecule has 0 spiro atoms. The van der Waals surface area contributed by atoms with Crippen LogP contribution in [0.1, 0.15) is 37.7 Å². The van der Waals surface area contributed by atoms with Gasteiger partial charge in [-0.25, -0.2) is 0 Å². The fourth-order valence-electron chi connectivity index (χ4n) is 2.05. The summed E-state index contributed by atoms with van der Waals surface area (Å²) >= 11 is -2.46. The Kier molecular flexibility index (Phi) is 8.80. The summed E-state index contributed by atoms with van der Waals surface area (Å²) < 4.78 is 29.5. The van der Waals surface area contributed by atoms with Gasteiger partial charge in [0.1, 0.15) is 0 Å². The normalized spacial score (nSPS) is 11.9. The van der Waals surface area contributed by atoms with Gasteiger partial charge in [0.15, 0.2) is 0 Å². The first-order chi connectivity index (χ1) is 10.6. The number of benzene rings is 1.